The first-order chi connectivity index (χ1) is 17.9. The number of ether oxygens (including phenoxy) is 1. The molecule has 2 atom stereocenters. The zero-order chi connectivity index (χ0) is 25.7. The van der Waals surface area contributed by atoms with Gasteiger partial charge in [0.2, 0.25) is 0 Å². The maximum Gasteiger partial charge on any atom is 0.255 e. The highest BCUT2D eigenvalue weighted by atomic mass is 35.5. The molecule has 0 spiro atoms. The molecule has 12 heteroatoms. The minimum absolute atomic E-state index is 0. The molecule has 0 saturated carbocycles. The van der Waals surface area contributed by atoms with Gasteiger partial charge in [0.05, 0.1) is 34.7 Å². The smallest absolute Gasteiger partial charge is 0.255 e. The number of nitrogens with one attached hydrogen (secondary N) is 2. The lowest BCUT2D eigenvalue weighted by Gasteiger charge is -2.29. The fraction of sp³-hybridized carbons (Fsp3) is 0.407. The van der Waals surface area contributed by atoms with Gasteiger partial charge in [0.1, 0.15) is 11.6 Å². The summed E-state index contributed by atoms with van der Waals surface area (Å²) < 4.78 is 23.5. The SMILES string of the molecule is COc1cc2c(cc1C(=O)NC1CCN(C)CC1)sc1nc(-c3ccc([C@H]4C[C@@H](O)CN4)cc3F)cn12.Cl.Cl. The van der Waals surface area contributed by atoms with Crippen LogP contribution in [0.3, 0.4) is 0 Å². The number of aliphatic hydroxyl groups excluding tert-OH is 1. The molecule has 0 radical (unpaired) electrons. The lowest BCUT2D eigenvalue weighted by molar-refractivity contribution is 0.0914. The van der Waals surface area contributed by atoms with Crippen LogP contribution in [0.1, 0.15) is 41.2 Å². The molecular weight excluding hydrogens is 564 g/mol. The number of carbonyl (C=O) groups excluding carboxylic acids is 1. The first-order valence-corrected chi connectivity index (χ1v) is 13.4. The summed E-state index contributed by atoms with van der Waals surface area (Å²) in [5.41, 5.74) is 3.14. The number of benzene rings is 2. The van der Waals surface area contributed by atoms with Crippen LogP contribution in [0, 0.1) is 5.82 Å². The molecule has 2 fully saturated rings. The number of thiazole rings is 1. The van der Waals surface area contributed by atoms with Crippen molar-refractivity contribution in [2.75, 3.05) is 33.8 Å². The molecule has 1 amide bonds. The van der Waals surface area contributed by atoms with E-state index in [1.165, 1.54) is 17.4 Å². The molecule has 0 bridgehead atoms. The van der Waals surface area contributed by atoms with E-state index in [2.05, 4.69) is 22.6 Å². The van der Waals surface area contributed by atoms with Crippen LogP contribution in [0.5, 0.6) is 5.75 Å². The van der Waals surface area contributed by atoms with Crippen molar-refractivity contribution in [3.05, 3.63) is 53.5 Å². The molecule has 2 aromatic heterocycles. The van der Waals surface area contributed by atoms with Crippen molar-refractivity contribution in [1.29, 1.82) is 0 Å². The minimum atomic E-state index is -0.404. The Labute approximate surface area is 242 Å². The van der Waals surface area contributed by atoms with Gasteiger partial charge in [0.15, 0.2) is 4.96 Å². The van der Waals surface area contributed by atoms with E-state index in [-0.39, 0.29) is 48.6 Å². The number of aromatic nitrogens is 2. The van der Waals surface area contributed by atoms with Crippen LogP contribution in [0.2, 0.25) is 0 Å². The zero-order valence-corrected chi connectivity index (χ0v) is 24.1. The first-order valence-electron chi connectivity index (χ1n) is 12.6. The Kier molecular flexibility index (Phi) is 9.05. The normalized spacial score (nSPS) is 20.1. The van der Waals surface area contributed by atoms with E-state index >= 15 is 4.39 Å². The van der Waals surface area contributed by atoms with Crippen LogP contribution in [0.4, 0.5) is 4.39 Å². The second-order valence-electron chi connectivity index (χ2n) is 10.0. The number of rotatable bonds is 5. The van der Waals surface area contributed by atoms with Gasteiger partial charge >= 0.3 is 0 Å². The van der Waals surface area contributed by atoms with Gasteiger partial charge in [-0.2, -0.15) is 0 Å². The van der Waals surface area contributed by atoms with Crippen LogP contribution < -0.4 is 15.4 Å². The van der Waals surface area contributed by atoms with Crippen molar-refractivity contribution in [2.24, 2.45) is 0 Å². The standard InChI is InChI=1S/C27H30FN5O3S.2ClH/c1-32-7-5-16(6-8-32)30-26(35)19-11-25-23(12-24(19)36-2)33-14-22(31-27(33)37-25)18-4-3-15(9-20(18)28)21-10-17(34)13-29-21;;/h3-4,9,11-12,14,16-17,21,29,34H,5-8,10,13H2,1-2H3,(H,30,35);2*1H/t17-,21-;;/m1../s1. The molecule has 4 heterocycles. The molecular formula is C27H32Cl2FN5O3S. The number of fused-ring (bicyclic) bond motifs is 3. The van der Waals surface area contributed by atoms with Gasteiger partial charge in [-0.3, -0.25) is 9.20 Å². The third kappa shape index (κ3) is 5.73. The van der Waals surface area contributed by atoms with E-state index in [1.807, 2.05) is 28.8 Å². The van der Waals surface area contributed by atoms with Crippen LogP contribution >= 0.6 is 36.2 Å². The molecule has 2 aliphatic rings. The van der Waals surface area contributed by atoms with E-state index in [0.717, 1.165) is 41.7 Å². The molecule has 2 aliphatic heterocycles. The predicted octanol–water partition coefficient (Wildman–Crippen LogP) is 4.43. The summed E-state index contributed by atoms with van der Waals surface area (Å²) in [6, 6.07) is 8.97. The van der Waals surface area contributed by atoms with Crippen molar-refractivity contribution in [1.82, 2.24) is 24.9 Å². The van der Waals surface area contributed by atoms with Gasteiger partial charge in [-0.05, 0) is 63.2 Å². The molecule has 39 heavy (non-hydrogen) atoms. The molecule has 210 valence electrons. The van der Waals surface area contributed by atoms with E-state index in [0.29, 0.717) is 40.5 Å². The molecule has 8 nitrogen and oxygen atoms in total. The Morgan fingerprint density at radius 2 is 2.00 bits per heavy atom. The Bertz CT molecular complexity index is 1490. The van der Waals surface area contributed by atoms with Gasteiger partial charge in [-0.1, -0.05) is 17.4 Å². The van der Waals surface area contributed by atoms with Crippen LogP contribution in [-0.2, 0) is 0 Å². The number of aliphatic hydroxyl groups is 1. The van der Waals surface area contributed by atoms with E-state index in [1.54, 1.807) is 13.2 Å². The third-order valence-electron chi connectivity index (χ3n) is 7.49. The van der Waals surface area contributed by atoms with Gasteiger partial charge in [0.25, 0.3) is 5.91 Å². The number of carbonyl (C=O) groups is 1. The number of halogens is 3. The number of imidazole rings is 1. The lowest BCUT2D eigenvalue weighted by atomic mass is 10.0. The number of likely N-dealkylation sites (tertiary alicyclic amines) is 1. The maximum absolute atomic E-state index is 15.1. The Morgan fingerprint density at radius 1 is 1.23 bits per heavy atom. The second kappa shape index (κ2) is 12.0. The molecule has 4 aromatic rings. The van der Waals surface area contributed by atoms with E-state index < -0.39 is 6.10 Å². The molecule has 6 rings (SSSR count). The summed E-state index contributed by atoms with van der Waals surface area (Å²) >= 11 is 1.45. The molecule has 2 saturated heterocycles. The highest BCUT2D eigenvalue weighted by Gasteiger charge is 2.25. The highest BCUT2D eigenvalue weighted by molar-refractivity contribution is 7.23. The summed E-state index contributed by atoms with van der Waals surface area (Å²) in [5.74, 6) is 0.0160. The molecule has 0 unspecified atom stereocenters. The average Bonchev–Trinajstić information content (AvgIpc) is 3.59. The van der Waals surface area contributed by atoms with E-state index in [4.69, 9.17) is 9.72 Å². The Balaban J connectivity index is 0.00000176. The average molecular weight is 597 g/mol. The third-order valence-corrected chi connectivity index (χ3v) is 8.51. The van der Waals surface area contributed by atoms with Gasteiger partial charge in [0, 0.05) is 36.5 Å². The summed E-state index contributed by atoms with van der Waals surface area (Å²) in [4.78, 5) is 20.8. The number of methoxy groups -OCH3 is 1. The van der Waals surface area contributed by atoms with Crippen molar-refractivity contribution in [2.45, 2.75) is 37.5 Å². The van der Waals surface area contributed by atoms with Crippen molar-refractivity contribution < 1.29 is 19.0 Å². The lowest BCUT2D eigenvalue weighted by Crippen LogP contribution is -2.43. The summed E-state index contributed by atoms with van der Waals surface area (Å²) in [7, 11) is 3.66. The fourth-order valence-electron chi connectivity index (χ4n) is 5.34. The number of amides is 1. The predicted molar refractivity (Wildman–Crippen MR) is 156 cm³/mol. The van der Waals surface area contributed by atoms with Crippen LogP contribution in [-0.4, -0.2) is 71.2 Å². The summed E-state index contributed by atoms with van der Waals surface area (Å²) in [6.45, 7) is 2.45. The fourth-order valence-corrected chi connectivity index (χ4v) is 6.37. The van der Waals surface area contributed by atoms with Crippen molar-refractivity contribution in [3.8, 4) is 17.0 Å². The Hall–Kier alpha value is -2.47. The number of piperidine rings is 1. The summed E-state index contributed by atoms with van der Waals surface area (Å²) in [5, 5.41) is 16.2. The van der Waals surface area contributed by atoms with Crippen molar-refractivity contribution in [3.63, 3.8) is 0 Å². The molecule has 2 aromatic carbocycles. The number of hydrogen-bond acceptors (Lipinski definition) is 7. The topological polar surface area (TPSA) is 91.1 Å². The Morgan fingerprint density at radius 3 is 2.67 bits per heavy atom. The van der Waals surface area contributed by atoms with E-state index in [9.17, 15) is 9.90 Å². The largest absolute Gasteiger partial charge is 0.496 e. The number of β-amino-alcohol motifs (C(OH)–C–C–N with tert-alkyl or cyclic N) is 1. The summed E-state index contributed by atoms with van der Waals surface area (Å²) in [6.07, 6.45) is 3.85. The van der Waals surface area contributed by atoms with Crippen molar-refractivity contribution >= 4 is 57.2 Å². The monoisotopic (exact) mass is 595 g/mol. The van der Waals surface area contributed by atoms with Gasteiger partial charge in [-0.15, -0.1) is 24.8 Å². The van der Waals surface area contributed by atoms with Crippen LogP contribution in [0.15, 0.2) is 36.5 Å². The minimum Gasteiger partial charge on any atom is -0.496 e. The second-order valence-corrected chi connectivity index (χ2v) is 11.1. The quantitative estimate of drug-likeness (QED) is 0.316. The van der Waals surface area contributed by atoms with Gasteiger partial charge in [-0.25, -0.2) is 9.37 Å². The maximum atomic E-state index is 15.1. The first kappa shape index (κ1) is 29.5. The number of hydrogen-bond donors (Lipinski definition) is 3. The van der Waals surface area contributed by atoms with Gasteiger partial charge < -0.3 is 25.4 Å². The number of nitrogens with zero attached hydrogens (tertiary/aromatic N) is 3. The highest BCUT2D eigenvalue weighted by Crippen LogP contribution is 2.35. The molecule has 0 aliphatic carbocycles. The zero-order valence-electron chi connectivity index (χ0n) is 21.6. The van der Waals surface area contributed by atoms with Crippen LogP contribution in [0.25, 0.3) is 26.4 Å². The molecule has 3 N–H and O–H groups in total.